The highest BCUT2D eigenvalue weighted by molar-refractivity contribution is 7.99. The number of carbonyl (C=O) groups excluding carboxylic acids is 2. The number of fused-ring (bicyclic) bond motifs is 1. The molecular weight excluding hydrogens is 364 g/mol. The molecule has 0 saturated carbocycles. The minimum atomic E-state index is -0.406. The molecule has 0 atom stereocenters. The van der Waals surface area contributed by atoms with Crippen LogP contribution in [0.4, 0.5) is 11.1 Å². The van der Waals surface area contributed by atoms with E-state index in [4.69, 9.17) is 5.73 Å². The van der Waals surface area contributed by atoms with Crippen molar-refractivity contribution in [1.82, 2.24) is 19.7 Å². The molecular formula is C14H14N6O3S2. The number of para-hydroxylation sites is 1. The van der Waals surface area contributed by atoms with Crippen molar-refractivity contribution in [2.24, 2.45) is 0 Å². The van der Waals surface area contributed by atoms with Gasteiger partial charge in [-0.1, -0.05) is 35.2 Å². The Hall–Kier alpha value is -2.66. The number of nitrogens with one attached hydrogen (secondary N) is 1. The minimum Gasteiger partial charge on any atom is -0.468 e. The van der Waals surface area contributed by atoms with Crippen LogP contribution in [0.5, 0.6) is 0 Å². The third-order valence-corrected chi connectivity index (χ3v) is 5.03. The molecule has 0 unspecified atom stereocenters. The number of hydrogen-bond acceptors (Lipinski definition) is 9. The van der Waals surface area contributed by atoms with E-state index in [0.717, 1.165) is 22.0 Å². The number of benzene rings is 1. The van der Waals surface area contributed by atoms with E-state index in [1.807, 2.05) is 24.3 Å². The zero-order chi connectivity index (χ0) is 17.8. The molecule has 3 aromatic rings. The van der Waals surface area contributed by atoms with Crippen LogP contribution in [-0.4, -0.2) is 44.5 Å². The normalized spacial score (nSPS) is 10.8. The molecule has 0 aliphatic carbocycles. The molecule has 130 valence electrons. The van der Waals surface area contributed by atoms with Gasteiger partial charge in [-0.25, -0.2) is 4.98 Å². The number of nitrogens with zero attached hydrogens (tertiary/aromatic N) is 4. The number of amides is 1. The molecule has 0 fully saturated rings. The maximum Gasteiger partial charge on any atom is 0.316 e. The van der Waals surface area contributed by atoms with Crippen molar-refractivity contribution in [2.45, 2.75) is 11.7 Å². The highest BCUT2D eigenvalue weighted by Crippen LogP contribution is 2.25. The fraction of sp³-hybridized carbons (Fsp3) is 0.214. The standard InChI is InChI=1S/C14H14N6O3S2/c1-23-11(22)7-24-14-19-18-12(15)20(14)6-10(21)17-13-16-8-4-2-3-5-9(8)25-13/h2-5H,6-7H2,1H3,(H2,15,18)(H,16,17,21). The molecule has 1 aromatic carbocycles. The number of carbonyl (C=O) groups is 2. The molecule has 0 radical (unpaired) electrons. The van der Waals surface area contributed by atoms with Crippen LogP contribution in [0.1, 0.15) is 0 Å². The number of aromatic nitrogens is 4. The van der Waals surface area contributed by atoms with Gasteiger partial charge in [-0.2, -0.15) is 0 Å². The summed E-state index contributed by atoms with van der Waals surface area (Å²) in [7, 11) is 1.30. The topological polar surface area (TPSA) is 125 Å². The lowest BCUT2D eigenvalue weighted by Gasteiger charge is -2.07. The Balaban J connectivity index is 1.68. The first-order chi connectivity index (χ1) is 12.1. The van der Waals surface area contributed by atoms with E-state index in [2.05, 4.69) is 25.2 Å². The molecule has 3 N–H and O–H groups in total. The highest BCUT2D eigenvalue weighted by atomic mass is 32.2. The number of thiazole rings is 1. The first-order valence-electron chi connectivity index (χ1n) is 7.10. The van der Waals surface area contributed by atoms with Crippen molar-refractivity contribution in [3.63, 3.8) is 0 Å². The summed E-state index contributed by atoms with van der Waals surface area (Å²) >= 11 is 2.48. The number of nitrogen functional groups attached to an aromatic ring is 1. The average Bonchev–Trinajstić information content (AvgIpc) is 3.16. The minimum absolute atomic E-state index is 0.0497. The SMILES string of the molecule is COC(=O)CSc1nnc(N)n1CC(=O)Nc1nc2ccccc2s1. The van der Waals surface area contributed by atoms with Crippen LogP contribution in [0.3, 0.4) is 0 Å². The highest BCUT2D eigenvalue weighted by Gasteiger charge is 2.16. The van der Waals surface area contributed by atoms with E-state index in [9.17, 15) is 9.59 Å². The van der Waals surface area contributed by atoms with Crippen molar-refractivity contribution >= 4 is 56.3 Å². The van der Waals surface area contributed by atoms with Crippen LogP contribution < -0.4 is 11.1 Å². The molecule has 25 heavy (non-hydrogen) atoms. The third kappa shape index (κ3) is 4.06. The maximum atomic E-state index is 12.3. The number of ether oxygens (including phenoxy) is 1. The van der Waals surface area contributed by atoms with Gasteiger partial charge in [0.25, 0.3) is 0 Å². The zero-order valence-electron chi connectivity index (χ0n) is 13.1. The summed E-state index contributed by atoms with van der Waals surface area (Å²) in [5.41, 5.74) is 6.57. The van der Waals surface area contributed by atoms with Crippen LogP contribution in [0, 0.1) is 0 Å². The van der Waals surface area contributed by atoms with E-state index in [-0.39, 0.29) is 24.2 Å². The van der Waals surface area contributed by atoms with Gasteiger partial charge >= 0.3 is 5.97 Å². The molecule has 1 amide bonds. The van der Waals surface area contributed by atoms with Crippen LogP contribution in [-0.2, 0) is 20.9 Å². The largest absolute Gasteiger partial charge is 0.468 e. The molecule has 9 nitrogen and oxygen atoms in total. The Morgan fingerprint density at radius 1 is 1.36 bits per heavy atom. The Morgan fingerprint density at radius 3 is 2.92 bits per heavy atom. The Morgan fingerprint density at radius 2 is 2.16 bits per heavy atom. The van der Waals surface area contributed by atoms with Gasteiger partial charge in [0.15, 0.2) is 10.3 Å². The van der Waals surface area contributed by atoms with Gasteiger partial charge < -0.3 is 15.8 Å². The lowest BCUT2D eigenvalue weighted by atomic mass is 10.3. The first kappa shape index (κ1) is 17.2. The molecule has 11 heteroatoms. The fourth-order valence-electron chi connectivity index (χ4n) is 1.97. The lowest BCUT2D eigenvalue weighted by Crippen LogP contribution is -2.20. The summed E-state index contributed by atoms with van der Waals surface area (Å²) < 4.78 is 6.98. The smallest absolute Gasteiger partial charge is 0.316 e. The van der Waals surface area contributed by atoms with E-state index >= 15 is 0 Å². The van der Waals surface area contributed by atoms with Crippen LogP contribution in [0.15, 0.2) is 29.4 Å². The summed E-state index contributed by atoms with van der Waals surface area (Å²) in [6, 6.07) is 7.61. The summed E-state index contributed by atoms with van der Waals surface area (Å²) in [4.78, 5) is 27.9. The summed E-state index contributed by atoms with van der Waals surface area (Å²) in [5, 5.41) is 11.2. The Labute approximate surface area is 150 Å². The van der Waals surface area contributed by atoms with Crippen molar-refractivity contribution in [1.29, 1.82) is 0 Å². The zero-order valence-corrected chi connectivity index (χ0v) is 14.8. The van der Waals surface area contributed by atoms with E-state index in [1.54, 1.807) is 0 Å². The number of thioether (sulfide) groups is 1. The van der Waals surface area contributed by atoms with Crippen LogP contribution >= 0.6 is 23.1 Å². The van der Waals surface area contributed by atoms with Crippen LogP contribution in [0.2, 0.25) is 0 Å². The number of esters is 1. The second-order valence-electron chi connectivity index (χ2n) is 4.83. The van der Waals surface area contributed by atoms with Crippen molar-refractivity contribution in [3.8, 4) is 0 Å². The van der Waals surface area contributed by atoms with Gasteiger partial charge in [0, 0.05) is 0 Å². The number of anilines is 2. The van der Waals surface area contributed by atoms with Crippen molar-refractivity contribution in [2.75, 3.05) is 23.9 Å². The summed E-state index contributed by atoms with van der Waals surface area (Å²) in [6.07, 6.45) is 0. The van der Waals surface area contributed by atoms with Gasteiger partial charge in [0.2, 0.25) is 11.9 Å². The van der Waals surface area contributed by atoms with Crippen LogP contribution in [0.25, 0.3) is 10.2 Å². The monoisotopic (exact) mass is 378 g/mol. The average molecular weight is 378 g/mol. The molecule has 2 heterocycles. The lowest BCUT2D eigenvalue weighted by molar-refractivity contribution is -0.137. The Kier molecular flexibility index (Phi) is 5.14. The number of methoxy groups -OCH3 is 1. The van der Waals surface area contributed by atoms with E-state index in [0.29, 0.717) is 10.3 Å². The van der Waals surface area contributed by atoms with E-state index < -0.39 is 5.97 Å². The first-order valence-corrected chi connectivity index (χ1v) is 8.90. The fourth-order valence-corrected chi connectivity index (χ4v) is 3.63. The van der Waals surface area contributed by atoms with Gasteiger partial charge in [-0.3, -0.25) is 14.2 Å². The quantitative estimate of drug-likeness (QED) is 0.487. The third-order valence-electron chi connectivity index (χ3n) is 3.13. The number of hydrogen-bond donors (Lipinski definition) is 2. The summed E-state index contributed by atoms with van der Waals surface area (Å²) in [5.74, 6) is -0.581. The maximum absolute atomic E-state index is 12.3. The number of nitrogens with two attached hydrogens (primary N) is 1. The molecule has 3 rings (SSSR count). The molecule has 0 saturated heterocycles. The molecule has 2 aromatic heterocycles. The van der Waals surface area contributed by atoms with E-state index in [1.165, 1.54) is 23.0 Å². The predicted octanol–water partition coefficient (Wildman–Crippen LogP) is 1.37. The van der Waals surface area contributed by atoms with Gasteiger partial charge in [0.05, 0.1) is 23.1 Å². The molecule has 0 spiro atoms. The second-order valence-corrected chi connectivity index (χ2v) is 6.80. The van der Waals surface area contributed by atoms with Crippen molar-refractivity contribution < 1.29 is 14.3 Å². The summed E-state index contributed by atoms with van der Waals surface area (Å²) in [6.45, 7) is -0.0851. The molecule has 0 aliphatic heterocycles. The molecule has 0 aliphatic rings. The molecule has 0 bridgehead atoms. The predicted molar refractivity (Wildman–Crippen MR) is 95.4 cm³/mol. The van der Waals surface area contributed by atoms with Gasteiger partial charge in [-0.15, -0.1) is 10.2 Å². The number of rotatable bonds is 6. The Bertz CT molecular complexity index is 889. The second kappa shape index (κ2) is 7.49. The van der Waals surface area contributed by atoms with Gasteiger partial charge in [-0.05, 0) is 12.1 Å². The van der Waals surface area contributed by atoms with Crippen molar-refractivity contribution in [3.05, 3.63) is 24.3 Å². The van der Waals surface area contributed by atoms with Gasteiger partial charge in [0.1, 0.15) is 6.54 Å².